The highest BCUT2D eigenvalue weighted by molar-refractivity contribution is 9.10. The molecule has 0 aliphatic heterocycles. The van der Waals surface area contributed by atoms with Gasteiger partial charge in [0, 0.05) is 17.6 Å². The van der Waals surface area contributed by atoms with Crippen LogP contribution in [0.3, 0.4) is 0 Å². The molecule has 1 nitrogen and oxygen atoms in total. The van der Waals surface area contributed by atoms with Gasteiger partial charge in [-0.25, -0.2) is 0 Å². The molecule has 1 saturated carbocycles. The molecule has 94 valence electrons. The largest absolute Gasteiger partial charge is 0.312 e. The maximum Gasteiger partial charge on any atom is 0.0207 e. The first-order valence-electron chi connectivity index (χ1n) is 6.61. The topological polar surface area (TPSA) is 12.0 Å². The summed E-state index contributed by atoms with van der Waals surface area (Å²) >= 11 is 3.59. The molecule has 1 fully saturated rings. The van der Waals surface area contributed by atoms with Crippen LogP contribution in [0.4, 0.5) is 0 Å². The van der Waals surface area contributed by atoms with Crippen LogP contribution in [0.1, 0.15) is 43.7 Å². The smallest absolute Gasteiger partial charge is 0.0207 e. The first kappa shape index (κ1) is 13.1. The molecule has 1 aromatic carbocycles. The van der Waals surface area contributed by atoms with E-state index in [1.165, 1.54) is 47.8 Å². The highest BCUT2D eigenvalue weighted by atomic mass is 79.9. The molecule has 0 aromatic heterocycles. The Kier molecular flexibility index (Phi) is 4.26. The summed E-state index contributed by atoms with van der Waals surface area (Å²) in [7, 11) is 0. The summed E-state index contributed by atoms with van der Waals surface area (Å²) in [5.74, 6) is 0. The number of nitrogens with one attached hydrogen (secondary N) is 1. The van der Waals surface area contributed by atoms with Gasteiger partial charge in [0.2, 0.25) is 0 Å². The Morgan fingerprint density at radius 3 is 2.71 bits per heavy atom. The molecule has 1 aromatic rings. The first-order chi connectivity index (χ1) is 8.15. The van der Waals surface area contributed by atoms with Crippen LogP contribution in [-0.2, 0) is 6.54 Å². The molecule has 2 rings (SSSR count). The molecule has 1 N–H and O–H groups in total. The zero-order valence-electron chi connectivity index (χ0n) is 10.9. The number of hydrogen-bond donors (Lipinski definition) is 1. The molecule has 0 radical (unpaired) electrons. The average Bonchev–Trinajstić information content (AvgIpc) is 3.04. The fraction of sp³-hybridized carbons (Fsp3) is 0.600. The van der Waals surface area contributed by atoms with Crippen LogP contribution in [0.25, 0.3) is 0 Å². The minimum Gasteiger partial charge on any atom is -0.312 e. The molecule has 17 heavy (non-hydrogen) atoms. The van der Waals surface area contributed by atoms with Crippen LogP contribution in [0.15, 0.2) is 22.7 Å². The number of rotatable bonds is 6. The molecule has 0 saturated heterocycles. The lowest BCUT2D eigenvalue weighted by Gasteiger charge is -2.15. The van der Waals surface area contributed by atoms with Gasteiger partial charge < -0.3 is 5.32 Å². The Morgan fingerprint density at radius 1 is 1.35 bits per heavy atom. The third-order valence-electron chi connectivity index (χ3n) is 3.80. The zero-order valence-corrected chi connectivity index (χ0v) is 12.4. The lowest BCUT2D eigenvalue weighted by Crippen LogP contribution is -2.23. The molecule has 0 atom stereocenters. The van der Waals surface area contributed by atoms with Crippen LogP contribution in [0.5, 0.6) is 0 Å². The predicted octanol–water partition coefficient (Wildman–Crippen LogP) is 4.43. The standard InChI is InChI=1S/C15H22BrN/c1-3-6-15(7-8-15)11-17-10-13-5-4-12(2)14(16)9-13/h4-5,9,17H,3,6-8,10-11H2,1-2H3. The summed E-state index contributed by atoms with van der Waals surface area (Å²) in [6, 6.07) is 6.62. The Labute approximate surface area is 113 Å². The van der Waals surface area contributed by atoms with Crippen molar-refractivity contribution >= 4 is 15.9 Å². The Balaban J connectivity index is 1.80. The fourth-order valence-electron chi connectivity index (χ4n) is 2.44. The summed E-state index contributed by atoms with van der Waals surface area (Å²) < 4.78 is 1.21. The van der Waals surface area contributed by atoms with Gasteiger partial charge in [0.25, 0.3) is 0 Å². The minimum atomic E-state index is 0.649. The fourth-order valence-corrected chi connectivity index (χ4v) is 2.87. The van der Waals surface area contributed by atoms with E-state index in [2.05, 4.69) is 53.3 Å². The minimum absolute atomic E-state index is 0.649. The van der Waals surface area contributed by atoms with Crippen molar-refractivity contribution in [1.29, 1.82) is 0 Å². The molecular weight excluding hydrogens is 274 g/mol. The Hall–Kier alpha value is -0.340. The lowest BCUT2D eigenvalue weighted by molar-refractivity contribution is 0.421. The monoisotopic (exact) mass is 295 g/mol. The highest BCUT2D eigenvalue weighted by Crippen LogP contribution is 2.48. The summed E-state index contributed by atoms with van der Waals surface area (Å²) in [6.45, 7) is 6.59. The molecule has 0 unspecified atom stereocenters. The Bertz CT molecular complexity index is 383. The summed E-state index contributed by atoms with van der Waals surface area (Å²) in [5.41, 5.74) is 3.32. The van der Waals surface area contributed by atoms with E-state index in [-0.39, 0.29) is 0 Å². The number of halogens is 1. The van der Waals surface area contributed by atoms with Crippen LogP contribution in [-0.4, -0.2) is 6.54 Å². The highest BCUT2D eigenvalue weighted by Gasteiger charge is 2.40. The van der Waals surface area contributed by atoms with Gasteiger partial charge in [-0.05, 0) is 48.8 Å². The molecule has 1 aliphatic carbocycles. The van der Waals surface area contributed by atoms with E-state index in [1.54, 1.807) is 0 Å². The molecule has 0 spiro atoms. The zero-order chi connectivity index (χ0) is 12.3. The van der Waals surface area contributed by atoms with Gasteiger partial charge in [0.15, 0.2) is 0 Å². The van der Waals surface area contributed by atoms with E-state index in [9.17, 15) is 0 Å². The van der Waals surface area contributed by atoms with Gasteiger partial charge in [0.05, 0.1) is 0 Å². The van der Waals surface area contributed by atoms with Gasteiger partial charge in [0.1, 0.15) is 0 Å². The second-order valence-corrected chi connectivity index (χ2v) is 6.29. The van der Waals surface area contributed by atoms with Crippen molar-refractivity contribution in [3.63, 3.8) is 0 Å². The van der Waals surface area contributed by atoms with Gasteiger partial charge in [-0.3, -0.25) is 0 Å². The van der Waals surface area contributed by atoms with Crippen molar-refractivity contribution in [1.82, 2.24) is 5.32 Å². The van der Waals surface area contributed by atoms with Crippen molar-refractivity contribution in [2.75, 3.05) is 6.54 Å². The second-order valence-electron chi connectivity index (χ2n) is 5.44. The van der Waals surface area contributed by atoms with Crippen molar-refractivity contribution in [3.05, 3.63) is 33.8 Å². The third kappa shape index (κ3) is 3.56. The molecule has 0 heterocycles. The summed E-state index contributed by atoms with van der Waals surface area (Å²) in [4.78, 5) is 0. The summed E-state index contributed by atoms with van der Waals surface area (Å²) in [6.07, 6.45) is 5.55. The lowest BCUT2D eigenvalue weighted by atomic mass is 10.0. The molecule has 1 aliphatic rings. The first-order valence-corrected chi connectivity index (χ1v) is 7.40. The van der Waals surface area contributed by atoms with Crippen LogP contribution < -0.4 is 5.32 Å². The van der Waals surface area contributed by atoms with E-state index < -0.39 is 0 Å². The summed E-state index contributed by atoms with van der Waals surface area (Å²) in [5, 5.41) is 3.62. The maximum absolute atomic E-state index is 3.62. The van der Waals surface area contributed by atoms with Crippen molar-refractivity contribution < 1.29 is 0 Å². The molecule has 2 heteroatoms. The maximum atomic E-state index is 3.62. The van der Waals surface area contributed by atoms with E-state index in [4.69, 9.17) is 0 Å². The van der Waals surface area contributed by atoms with Gasteiger partial charge in [-0.1, -0.05) is 41.4 Å². The van der Waals surface area contributed by atoms with Crippen LogP contribution >= 0.6 is 15.9 Å². The van der Waals surface area contributed by atoms with E-state index in [0.29, 0.717) is 5.41 Å². The van der Waals surface area contributed by atoms with Gasteiger partial charge in [-0.2, -0.15) is 0 Å². The average molecular weight is 296 g/mol. The second kappa shape index (κ2) is 5.53. The van der Waals surface area contributed by atoms with Gasteiger partial charge >= 0.3 is 0 Å². The van der Waals surface area contributed by atoms with E-state index in [1.807, 2.05) is 0 Å². The molecular formula is C15H22BrN. The molecule has 0 amide bonds. The van der Waals surface area contributed by atoms with Crippen molar-refractivity contribution in [2.45, 2.75) is 46.1 Å². The van der Waals surface area contributed by atoms with Crippen LogP contribution in [0.2, 0.25) is 0 Å². The number of aryl methyl sites for hydroxylation is 1. The van der Waals surface area contributed by atoms with Crippen molar-refractivity contribution in [3.8, 4) is 0 Å². The SMILES string of the molecule is CCCC1(CNCc2ccc(C)c(Br)c2)CC1. The van der Waals surface area contributed by atoms with Crippen molar-refractivity contribution in [2.24, 2.45) is 5.41 Å². The molecule has 0 bridgehead atoms. The quantitative estimate of drug-likeness (QED) is 0.819. The Morgan fingerprint density at radius 2 is 2.12 bits per heavy atom. The number of hydrogen-bond acceptors (Lipinski definition) is 1. The number of benzene rings is 1. The van der Waals surface area contributed by atoms with E-state index in [0.717, 1.165) is 6.54 Å². The third-order valence-corrected chi connectivity index (χ3v) is 4.66. The van der Waals surface area contributed by atoms with Crippen LogP contribution in [0, 0.1) is 12.3 Å². The van der Waals surface area contributed by atoms with Gasteiger partial charge in [-0.15, -0.1) is 0 Å². The predicted molar refractivity (Wildman–Crippen MR) is 77.2 cm³/mol. The normalized spacial score (nSPS) is 17.1. The van der Waals surface area contributed by atoms with E-state index >= 15 is 0 Å².